The van der Waals surface area contributed by atoms with E-state index in [1.807, 2.05) is 0 Å². The summed E-state index contributed by atoms with van der Waals surface area (Å²) < 4.78 is 40.6. The highest BCUT2D eigenvalue weighted by Crippen LogP contribution is 2.39. The number of benzene rings is 1. The molecule has 2 rings (SSSR count). The molecular weight excluding hydrogens is 243 g/mol. The Morgan fingerprint density at radius 2 is 1.72 bits per heavy atom. The predicted molar refractivity (Wildman–Crippen MR) is 63.2 cm³/mol. The summed E-state index contributed by atoms with van der Waals surface area (Å²) >= 11 is 0. The van der Waals surface area contributed by atoms with Crippen LogP contribution in [0.5, 0.6) is 0 Å². The van der Waals surface area contributed by atoms with Crippen molar-refractivity contribution in [2.75, 3.05) is 0 Å². The van der Waals surface area contributed by atoms with Crippen molar-refractivity contribution in [3.8, 4) is 0 Å². The van der Waals surface area contributed by atoms with Gasteiger partial charge in [0.15, 0.2) is 0 Å². The Balaban J connectivity index is 2.90. The van der Waals surface area contributed by atoms with Crippen LogP contribution in [0, 0.1) is 0 Å². The maximum atomic E-state index is 13.0. The summed E-state index contributed by atoms with van der Waals surface area (Å²) in [5.74, 6) is 0. The molecule has 1 heterocycles. The van der Waals surface area contributed by atoms with Gasteiger partial charge in [-0.3, -0.25) is 0 Å². The summed E-state index contributed by atoms with van der Waals surface area (Å²) in [5.41, 5.74) is -1.28. The van der Waals surface area contributed by atoms with E-state index in [1.54, 1.807) is 23.9 Å². The molecule has 0 amide bonds. The minimum Gasteiger partial charge on any atom is -0.386 e. The Bertz CT molecular complexity index is 591. The smallest absolute Gasteiger partial charge is 0.386 e. The van der Waals surface area contributed by atoms with Gasteiger partial charge < -0.3 is 9.67 Å². The monoisotopic (exact) mass is 257 g/mol. The van der Waals surface area contributed by atoms with Crippen LogP contribution >= 0.6 is 0 Å². The fourth-order valence-corrected chi connectivity index (χ4v) is 2.14. The minimum atomic E-state index is -4.43. The highest BCUT2D eigenvalue weighted by atomic mass is 19.4. The summed E-state index contributed by atoms with van der Waals surface area (Å²) in [4.78, 5) is 0. The fraction of sp³-hybridized carbons (Fsp3) is 0.385. The molecule has 0 radical (unpaired) electrons. The summed E-state index contributed by atoms with van der Waals surface area (Å²) in [5, 5.41) is 10.1. The third-order valence-corrected chi connectivity index (χ3v) is 2.98. The molecule has 2 aromatic rings. The van der Waals surface area contributed by atoms with Crippen LogP contribution in [0.15, 0.2) is 24.4 Å². The molecule has 0 atom stereocenters. The van der Waals surface area contributed by atoms with Gasteiger partial charge in [-0.25, -0.2) is 0 Å². The van der Waals surface area contributed by atoms with E-state index in [1.165, 1.54) is 19.9 Å². The van der Waals surface area contributed by atoms with Crippen LogP contribution in [0.1, 0.15) is 25.0 Å². The van der Waals surface area contributed by atoms with Crippen LogP contribution in [0.25, 0.3) is 10.9 Å². The molecule has 1 aromatic carbocycles. The first-order valence-corrected chi connectivity index (χ1v) is 5.50. The highest BCUT2D eigenvalue weighted by molar-refractivity contribution is 5.88. The Labute approximate surface area is 103 Å². The SMILES string of the molecule is Cn1cc(C(C)(C)O)c2c(C(F)(F)F)cccc21. The lowest BCUT2D eigenvalue weighted by Gasteiger charge is -2.18. The number of hydrogen-bond acceptors (Lipinski definition) is 1. The molecule has 0 fully saturated rings. The van der Waals surface area contributed by atoms with Gasteiger partial charge in [0.2, 0.25) is 0 Å². The summed E-state index contributed by atoms with van der Waals surface area (Å²) in [6, 6.07) is 4.02. The van der Waals surface area contributed by atoms with Crippen molar-refractivity contribution >= 4 is 10.9 Å². The second kappa shape index (κ2) is 3.75. The lowest BCUT2D eigenvalue weighted by molar-refractivity contribution is -0.136. The van der Waals surface area contributed by atoms with Crippen LogP contribution in [0.4, 0.5) is 13.2 Å². The molecule has 1 aromatic heterocycles. The molecule has 0 spiro atoms. The number of halogens is 3. The van der Waals surface area contributed by atoms with E-state index in [4.69, 9.17) is 0 Å². The number of aryl methyl sites for hydroxylation is 1. The first kappa shape index (κ1) is 13.0. The van der Waals surface area contributed by atoms with Gasteiger partial charge in [0.05, 0.1) is 11.2 Å². The number of aliphatic hydroxyl groups is 1. The highest BCUT2D eigenvalue weighted by Gasteiger charge is 2.35. The lowest BCUT2D eigenvalue weighted by atomic mass is 9.95. The third-order valence-electron chi connectivity index (χ3n) is 2.98. The van der Waals surface area contributed by atoms with Crippen molar-refractivity contribution in [1.82, 2.24) is 4.57 Å². The number of aromatic nitrogens is 1. The molecule has 1 N–H and O–H groups in total. The van der Waals surface area contributed by atoms with Gasteiger partial charge in [-0.05, 0) is 26.0 Å². The molecule has 0 unspecified atom stereocenters. The van der Waals surface area contributed by atoms with Gasteiger partial charge in [0, 0.05) is 29.7 Å². The number of fused-ring (bicyclic) bond motifs is 1. The zero-order valence-electron chi connectivity index (χ0n) is 10.3. The van der Waals surface area contributed by atoms with Crippen LogP contribution in [0.3, 0.4) is 0 Å². The van der Waals surface area contributed by atoms with Gasteiger partial charge in [0.1, 0.15) is 0 Å². The molecule has 0 saturated carbocycles. The van der Waals surface area contributed by atoms with Crippen molar-refractivity contribution in [3.05, 3.63) is 35.5 Å². The van der Waals surface area contributed by atoms with E-state index in [0.717, 1.165) is 6.07 Å². The topological polar surface area (TPSA) is 25.2 Å². The van der Waals surface area contributed by atoms with E-state index < -0.39 is 17.3 Å². The van der Waals surface area contributed by atoms with Crippen molar-refractivity contribution in [2.24, 2.45) is 7.05 Å². The lowest BCUT2D eigenvalue weighted by Crippen LogP contribution is -2.16. The van der Waals surface area contributed by atoms with Gasteiger partial charge >= 0.3 is 6.18 Å². The van der Waals surface area contributed by atoms with E-state index in [2.05, 4.69) is 0 Å². The molecule has 0 saturated heterocycles. The van der Waals surface area contributed by atoms with Gasteiger partial charge in [-0.2, -0.15) is 13.2 Å². The van der Waals surface area contributed by atoms with Gasteiger partial charge in [-0.1, -0.05) is 6.07 Å². The predicted octanol–water partition coefficient (Wildman–Crippen LogP) is 3.42. The third kappa shape index (κ3) is 1.99. The molecule has 5 heteroatoms. The fourth-order valence-electron chi connectivity index (χ4n) is 2.14. The van der Waals surface area contributed by atoms with Crippen molar-refractivity contribution in [3.63, 3.8) is 0 Å². The van der Waals surface area contributed by atoms with Crippen molar-refractivity contribution in [2.45, 2.75) is 25.6 Å². The van der Waals surface area contributed by atoms with Crippen LogP contribution in [0.2, 0.25) is 0 Å². The first-order valence-electron chi connectivity index (χ1n) is 5.50. The maximum absolute atomic E-state index is 13.0. The molecular formula is C13H14F3NO. The average molecular weight is 257 g/mol. The van der Waals surface area contributed by atoms with Crippen LogP contribution in [-0.4, -0.2) is 9.67 Å². The van der Waals surface area contributed by atoms with E-state index in [0.29, 0.717) is 5.52 Å². The quantitative estimate of drug-likeness (QED) is 0.832. The van der Waals surface area contributed by atoms with E-state index >= 15 is 0 Å². The van der Waals surface area contributed by atoms with Crippen molar-refractivity contribution in [1.29, 1.82) is 0 Å². The van der Waals surface area contributed by atoms with E-state index in [9.17, 15) is 18.3 Å². The summed E-state index contributed by atoms with van der Waals surface area (Å²) in [6.07, 6.45) is -2.89. The van der Waals surface area contributed by atoms with Gasteiger partial charge in [-0.15, -0.1) is 0 Å². The molecule has 0 aliphatic heterocycles. The van der Waals surface area contributed by atoms with Crippen LogP contribution < -0.4 is 0 Å². The zero-order valence-corrected chi connectivity index (χ0v) is 10.3. The largest absolute Gasteiger partial charge is 0.417 e. The summed E-state index contributed by atoms with van der Waals surface area (Å²) in [7, 11) is 1.66. The van der Waals surface area contributed by atoms with Crippen LogP contribution in [-0.2, 0) is 18.8 Å². The Kier molecular flexibility index (Phi) is 2.70. The molecule has 18 heavy (non-hydrogen) atoms. The number of rotatable bonds is 1. The second-order valence-corrected chi connectivity index (χ2v) is 4.91. The van der Waals surface area contributed by atoms with Gasteiger partial charge in [0.25, 0.3) is 0 Å². The Morgan fingerprint density at radius 1 is 1.11 bits per heavy atom. The number of nitrogens with zero attached hydrogens (tertiary/aromatic N) is 1. The molecule has 0 aliphatic carbocycles. The molecule has 0 aliphatic rings. The Hall–Kier alpha value is -1.49. The molecule has 98 valence electrons. The second-order valence-electron chi connectivity index (χ2n) is 4.91. The minimum absolute atomic E-state index is 0.0694. The Morgan fingerprint density at radius 3 is 2.22 bits per heavy atom. The van der Waals surface area contributed by atoms with E-state index in [-0.39, 0.29) is 10.9 Å². The molecule has 2 nitrogen and oxygen atoms in total. The number of hydrogen-bond donors (Lipinski definition) is 1. The van der Waals surface area contributed by atoms with Crippen molar-refractivity contribution < 1.29 is 18.3 Å². The summed E-state index contributed by atoms with van der Waals surface area (Å²) in [6.45, 7) is 2.96. The molecule has 0 bridgehead atoms. The zero-order chi connectivity index (χ0) is 13.7. The average Bonchev–Trinajstić information content (AvgIpc) is 2.54. The normalized spacial score (nSPS) is 13.3. The standard InChI is InChI=1S/C13H14F3NO/c1-12(2,18)9-7-17(3)10-6-4-5-8(11(9)10)13(14,15)16/h4-7,18H,1-3H3. The maximum Gasteiger partial charge on any atom is 0.417 e. The first-order chi connectivity index (χ1) is 8.12. The number of alkyl halides is 3.